The van der Waals surface area contributed by atoms with Crippen molar-refractivity contribution in [1.82, 2.24) is 0 Å². The molecule has 7 unspecified atom stereocenters. The molecule has 6 heterocycles. The van der Waals surface area contributed by atoms with E-state index in [-0.39, 0.29) is 41.3 Å². The molecule has 3 saturated carbocycles. The number of allylic oxidation sites excluding steroid dienone is 1. The zero-order valence-corrected chi connectivity index (χ0v) is 48.3. The van der Waals surface area contributed by atoms with E-state index in [9.17, 15) is 76.6 Å². The molecule has 9 fully saturated rings. The fourth-order valence-corrected chi connectivity index (χ4v) is 16.4. The minimum atomic E-state index is -1.89. The highest BCUT2D eigenvalue weighted by atomic mass is 16.8. The van der Waals surface area contributed by atoms with Crippen molar-refractivity contribution in [2.45, 2.75) is 278 Å². The summed E-state index contributed by atoms with van der Waals surface area (Å²) in [6, 6.07) is 0. The average molecular weight is 1200 g/mol. The van der Waals surface area contributed by atoms with Gasteiger partial charge in [-0.25, -0.2) is 0 Å². The zero-order valence-electron chi connectivity index (χ0n) is 48.3. The van der Waals surface area contributed by atoms with E-state index in [0.717, 1.165) is 32.1 Å². The van der Waals surface area contributed by atoms with Gasteiger partial charge in [0.15, 0.2) is 37.2 Å². The second-order valence-corrected chi connectivity index (χ2v) is 26.6. The van der Waals surface area contributed by atoms with E-state index in [1.165, 1.54) is 26.3 Å². The topological polar surface area (TPSA) is 405 Å². The lowest BCUT2D eigenvalue weighted by molar-refractivity contribution is -0.395. The molecule has 478 valence electrons. The summed E-state index contributed by atoms with van der Waals surface area (Å²) in [5.41, 5.74) is 0.949. The molecule has 0 radical (unpaired) electrons. The van der Waals surface area contributed by atoms with Crippen LogP contribution in [0.2, 0.25) is 0 Å². The maximum absolute atomic E-state index is 12.3. The van der Waals surface area contributed by atoms with Gasteiger partial charge in [-0.1, -0.05) is 39.3 Å². The molecule has 36 atom stereocenters. The third kappa shape index (κ3) is 11.8. The fraction of sp³-hybridized carbons (Fsp3) is 0.965. The number of hydrogen-bond acceptors (Lipinski definition) is 26. The maximum atomic E-state index is 12.3. The fourth-order valence-electron chi connectivity index (χ4n) is 16.4. The van der Waals surface area contributed by atoms with Crippen LogP contribution < -0.4 is 0 Å². The molecule has 0 aromatic rings. The number of rotatable bonds is 16. The molecule has 4 aliphatic carbocycles. The zero-order chi connectivity index (χ0) is 60.1. The molecule has 6 saturated heterocycles. The quantitative estimate of drug-likeness (QED) is 0.0680. The van der Waals surface area contributed by atoms with Gasteiger partial charge >= 0.3 is 0 Å². The SMILES string of the molecule is C[C@H](CC[C@@]1(O)OC2CC3C4CC=C5CC(O[C@H]6O[C@@H](CO)[C@H](O[C@H]7O[C@H](C)[C@@H](O)[C@H](O)[C@@H]7O)C(O)[C@@H]6O[C@H]6O[C@H](C)[C@@H](O[C@@H]7O[C@@H](C)[C@H](O)[C@@H](O)[C@H]7O)[C@H](O)[C@@H]6O)CC[C@]5(C)C4CC[C@]3(C)C2[C@@H]1C)CO[C@H]1O[C@@H](CO)[C@H](O)[C@@H](O)[C@@H]1O. The molecular formula is C57H94O26. The normalized spacial score (nSPS) is 55.9. The molecule has 26 heteroatoms. The van der Waals surface area contributed by atoms with Crippen LogP contribution in [0.3, 0.4) is 0 Å². The summed E-state index contributed by atoms with van der Waals surface area (Å²) in [7, 11) is 0. The molecule has 0 spiro atoms. The molecule has 10 rings (SSSR count). The van der Waals surface area contributed by atoms with Gasteiger partial charge in [0.25, 0.3) is 0 Å². The van der Waals surface area contributed by atoms with E-state index in [1.807, 2.05) is 6.92 Å². The molecule has 6 aliphatic heterocycles. The van der Waals surface area contributed by atoms with Gasteiger partial charge in [0.05, 0.1) is 50.3 Å². The Bertz CT molecular complexity index is 2200. The van der Waals surface area contributed by atoms with E-state index in [4.69, 9.17) is 52.1 Å². The average Bonchev–Trinajstić information content (AvgIpc) is 3.62. The lowest BCUT2D eigenvalue weighted by Crippen LogP contribution is -2.67. The Balaban J connectivity index is 0.801. The first-order chi connectivity index (χ1) is 39.2. The smallest absolute Gasteiger partial charge is 0.187 e. The van der Waals surface area contributed by atoms with Crippen molar-refractivity contribution in [1.29, 1.82) is 0 Å². The minimum Gasteiger partial charge on any atom is -0.394 e. The monoisotopic (exact) mass is 1190 g/mol. The standard InChI is InChI=1S/C57H94O26/c1-21(20-73-50-42(67)40(65)37(62)32(18-58)78-50)10-15-57(72)22(2)34-31(83-57)17-30-28-9-8-26-16-27(11-13-55(26,6)29(28)12-14-56(30,34)7)77-54-49(46(71)48(33(19-59)79-54)81-52-44(69)39(64)36(61)24(4)75-52)82-53-45(70)41(66)47(25(5)76-53)80-51-43(68)38(63)35(60)23(3)74-51/h8,21-25,27-54,58-72H,9-20H2,1-7H3/t21-,22+,23+,24-,25-,27?,28?,29?,30?,31?,32+,33+,34?,35+,36-,37+,38-,39+,40-,41-,42+,43-,44+,45+,46?,47-,48+,49+,50+,51+,52-,53-,54+,55+,56+,57-/m1/s1. The molecular weight excluding hydrogens is 1100 g/mol. The molecule has 26 nitrogen and oxygen atoms in total. The van der Waals surface area contributed by atoms with E-state index >= 15 is 0 Å². The van der Waals surface area contributed by atoms with Crippen LogP contribution in [0.5, 0.6) is 0 Å². The van der Waals surface area contributed by atoms with E-state index in [2.05, 4.69) is 26.8 Å². The number of aliphatic hydroxyl groups is 15. The van der Waals surface area contributed by atoms with Crippen molar-refractivity contribution in [2.75, 3.05) is 19.8 Å². The molecule has 83 heavy (non-hydrogen) atoms. The molecule has 15 N–H and O–H groups in total. The van der Waals surface area contributed by atoms with Crippen molar-refractivity contribution < 1.29 is 129 Å². The van der Waals surface area contributed by atoms with Gasteiger partial charge in [0.1, 0.15) is 104 Å². The molecule has 10 aliphatic rings. The Kier molecular flexibility index (Phi) is 19.6. The van der Waals surface area contributed by atoms with Crippen molar-refractivity contribution in [2.24, 2.45) is 46.3 Å². The minimum absolute atomic E-state index is 0.0917. The van der Waals surface area contributed by atoms with Gasteiger partial charge in [-0.15, -0.1) is 0 Å². The van der Waals surface area contributed by atoms with Crippen molar-refractivity contribution in [3.05, 3.63) is 11.6 Å². The van der Waals surface area contributed by atoms with Crippen molar-refractivity contribution >= 4 is 0 Å². The third-order valence-corrected chi connectivity index (χ3v) is 21.5. The Labute approximate surface area is 483 Å². The molecule has 0 aromatic carbocycles. The highest BCUT2D eigenvalue weighted by molar-refractivity contribution is 5.26. The Morgan fingerprint density at radius 1 is 0.566 bits per heavy atom. The number of fused-ring (bicyclic) bond motifs is 7. The largest absolute Gasteiger partial charge is 0.394 e. The molecule has 0 bridgehead atoms. The highest BCUT2D eigenvalue weighted by Crippen LogP contribution is 2.70. The van der Waals surface area contributed by atoms with Gasteiger partial charge in [-0.05, 0) is 113 Å². The van der Waals surface area contributed by atoms with Crippen LogP contribution in [0.4, 0.5) is 0 Å². The first-order valence-electron chi connectivity index (χ1n) is 30.1. The number of hydrogen-bond donors (Lipinski definition) is 15. The van der Waals surface area contributed by atoms with Crippen LogP contribution >= 0.6 is 0 Å². The summed E-state index contributed by atoms with van der Waals surface area (Å²) in [5, 5.41) is 162. The second kappa shape index (κ2) is 25.2. The summed E-state index contributed by atoms with van der Waals surface area (Å²) in [4.78, 5) is 0. The molecule has 0 aromatic heterocycles. The van der Waals surface area contributed by atoms with Gasteiger partial charge in [-0.2, -0.15) is 0 Å². The van der Waals surface area contributed by atoms with E-state index < -0.39 is 179 Å². The van der Waals surface area contributed by atoms with Crippen LogP contribution in [-0.2, 0) is 52.1 Å². The van der Waals surface area contributed by atoms with E-state index in [0.29, 0.717) is 43.4 Å². The van der Waals surface area contributed by atoms with Crippen LogP contribution in [0.1, 0.15) is 106 Å². The van der Waals surface area contributed by atoms with Gasteiger partial charge < -0.3 is 129 Å². The Morgan fingerprint density at radius 2 is 1.12 bits per heavy atom. The summed E-state index contributed by atoms with van der Waals surface area (Å²) >= 11 is 0. The number of aliphatic hydroxyl groups excluding tert-OH is 14. The van der Waals surface area contributed by atoms with Gasteiger partial charge in [0, 0.05) is 12.3 Å². The summed E-state index contributed by atoms with van der Waals surface area (Å²) < 4.78 is 66.8. The first-order valence-corrected chi connectivity index (χ1v) is 30.1. The summed E-state index contributed by atoms with van der Waals surface area (Å²) in [5.74, 6) is -0.443. The second-order valence-electron chi connectivity index (χ2n) is 26.6. The predicted molar refractivity (Wildman–Crippen MR) is 280 cm³/mol. The predicted octanol–water partition coefficient (Wildman–Crippen LogP) is -3.13. The maximum Gasteiger partial charge on any atom is 0.187 e. The van der Waals surface area contributed by atoms with Crippen LogP contribution in [0.25, 0.3) is 0 Å². The lowest BCUT2D eigenvalue weighted by atomic mass is 9.47. The van der Waals surface area contributed by atoms with Gasteiger partial charge in [-0.3, -0.25) is 0 Å². The van der Waals surface area contributed by atoms with Crippen LogP contribution in [0.15, 0.2) is 11.6 Å². The van der Waals surface area contributed by atoms with Crippen LogP contribution in [0, 0.1) is 46.3 Å². The van der Waals surface area contributed by atoms with Crippen LogP contribution in [-0.4, -0.2) is 268 Å². The van der Waals surface area contributed by atoms with Gasteiger partial charge in [0.2, 0.25) is 0 Å². The highest BCUT2D eigenvalue weighted by Gasteiger charge is 2.68. The molecule has 0 amide bonds. The number of ether oxygens (including phenoxy) is 11. The van der Waals surface area contributed by atoms with Crippen molar-refractivity contribution in [3.63, 3.8) is 0 Å². The Hall–Kier alpha value is -1.30. The Morgan fingerprint density at radius 3 is 1.75 bits per heavy atom. The first kappa shape index (κ1) is 64.7. The van der Waals surface area contributed by atoms with E-state index in [1.54, 1.807) is 0 Å². The lowest BCUT2D eigenvalue weighted by Gasteiger charge is -2.58. The summed E-state index contributed by atoms with van der Waals surface area (Å²) in [6.07, 6.45) is -29.3. The third-order valence-electron chi connectivity index (χ3n) is 21.5. The van der Waals surface area contributed by atoms with Crippen molar-refractivity contribution in [3.8, 4) is 0 Å². The summed E-state index contributed by atoms with van der Waals surface area (Å²) in [6.45, 7) is 12.0.